The van der Waals surface area contributed by atoms with E-state index in [0.717, 1.165) is 5.56 Å². The maximum atomic E-state index is 11.5. The van der Waals surface area contributed by atoms with Crippen LogP contribution in [0.4, 0.5) is 0 Å². The van der Waals surface area contributed by atoms with Gasteiger partial charge >= 0.3 is 0 Å². The zero-order chi connectivity index (χ0) is 15.7. The number of rotatable bonds is 8. The Morgan fingerprint density at radius 1 is 1.38 bits per heavy atom. The first-order valence-corrected chi connectivity index (χ1v) is 6.94. The number of benzene rings is 1. The molecule has 1 N–H and O–H groups in total. The molecule has 1 rings (SSSR count). The Kier molecular flexibility index (Phi) is 7.09. The van der Waals surface area contributed by atoms with Crippen molar-refractivity contribution in [2.24, 2.45) is 5.92 Å². The maximum Gasteiger partial charge on any atom is 0.244 e. The van der Waals surface area contributed by atoms with Crippen LogP contribution in [0.2, 0.25) is 0 Å². The van der Waals surface area contributed by atoms with Gasteiger partial charge in [-0.05, 0) is 29.7 Å². The maximum absolute atomic E-state index is 11.5. The predicted molar refractivity (Wildman–Crippen MR) is 85.6 cm³/mol. The van der Waals surface area contributed by atoms with Gasteiger partial charge in [-0.3, -0.25) is 4.79 Å². The summed E-state index contributed by atoms with van der Waals surface area (Å²) in [4.78, 5) is 11.5. The molecule has 0 aliphatic heterocycles. The lowest BCUT2D eigenvalue weighted by atomic mass is 10.2. The first-order chi connectivity index (χ1) is 10.1. The molecule has 21 heavy (non-hydrogen) atoms. The lowest BCUT2D eigenvalue weighted by Gasteiger charge is -2.12. The Labute approximate surface area is 126 Å². The number of methoxy groups -OCH3 is 1. The minimum Gasteiger partial charge on any atom is -0.493 e. The van der Waals surface area contributed by atoms with E-state index in [1.807, 2.05) is 18.2 Å². The number of hydrogen-bond donors (Lipinski definition) is 1. The van der Waals surface area contributed by atoms with Crippen molar-refractivity contribution in [2.75, 3.05) is 20.3 Å². The van der Waals surface area contributed by atoms with Crippen LogP contribution in [0.15, 0.2) is 36.9 Å². The van der Waals surface area contributed by atoms with E-state index in [1.54, 1.807) is 19.3 Å². The van der Waals surface area contributed by atoms with Crippen molar-refractivity contribution in [3.8, 4) is 11.5 Å². The van der Waals surface area contributed by atoms with Crippen LogP contribution in [0.1, 0.15) is 19.4 Å². The summed E-state index contributed by atoms with van der Waals surface area (Å²) >= 11 is 0. The van der Waals surface area contributed by atoms with Gasteiger partial charge in [-0.25, -0.2) is 0 Å². The smallest absolute Gasteiger partial charge is 0.244 e. The fraction of sp³-hybridized carbons (Fsp3) is 0.353. The van der Waals surface area contributed by atoms with Crippen LogP contribution in [0.5, 0.6) is 11.5 Å². The lowest BCUT2D eigenvalue weighted by Crippen LogP contribution is -2.20. The molecule has 0 aliphatic rings. The molecule has 0 bridgehead atoms. The third kappa shape index (κ3) is 6.17. The van der Waals surface area contributed by atoms with E-state index in [0.29, 0.717) is 30.6 Å². The largest absolute Gasteiger partial charge is 0.493 e. The lowest BCUT2D eigenvalue weighted by molar-refractivity contribution is -0.116. The molecule has 0 unspecified atom stereocenters. The highest BCUT2D eigenvalue weighted by molar-refractivity contribution is 5.91. The van der Waals surface area contributed by atoms with Crippen molar-refractivity contribution in [3.05, 3.63) is 42.5 Å². The van der Waals surface area contributed by atoms with Crippen LogP contribution < -0.4 is 14.8 Å². The topological polar surface area (TPSA) is 47.6 Å². The molecule has 4 heteroatoms. The molecule has 0 saturated carbocycles. The summed E-state index contributed by atoms with van der Waals surface area (Å²) in [6.45, 7) is 8.81. The van der Waals surface area contributed by atoms with Gasteiger partial charge in [-0.2, -0.15) is 0 Å². The van der Waals surface area contributed by atoms with Crippen LogP contribution >= 0.6 is 0 Å². The number of carbonyl (C=O) groups excluding carboxylic acids is 1. The molecular formula is C17H23NO3. The summed E-state index contributed by atoms with van der Waals surface area (Å²) in [6.07, 6.45) is 4.84. The monoisotopic (exact) mass is 289 g/mol. The fourth-order valence-electron chi connectivity index (χ4n) is 1.57. The number of ether oxygens (including phenoxy) is 2. The molecule has 0 saturated heterocycles. The molecule has 0 heterocycles. The first-order valence-electron chi connectivity index (χ1n) is 6.94. The van der Waals surface area contributed by atoms with Crippen LogP contribution in [0, 0.1) is 5.92 Å². The standard InChI is InChI=1S/C17H23NO3/c1-5-10-18-17(19)9-7-14-6-8-15(16(11-14)20-4)21-12-13(2)3/h5-9,11,13H,1,10,12H2,2-4H3,(H,18,19)/b9-7+. The summed E-state index contributed by atoms with van der Waals surface area (Å²) in [5.74, 6) is 1.65. The van der Waals surface area contributed by atoms with Gasteiger partial charge in [0.2, 0.25) is 5.91 Å². The summed E-state index contributed by atoms with van der Waals surface area (Å²) in [5, 5.41) is 2.68. The Morgan fingerprint density at radius 2 is 2.14 bits per heavy atom. The van der Waals surface area contributed by atoms with Crippen LogP contribution in [0.3, 0.4) is 0 Å². The molecule has 0 atom stereocenters. The van der Waals surface area contributed by atoms with Crippen molar-refractivity contribution >= 4 is 12.0 Å². The number of hydrogen-bond acceptors (Lipinski definition) is 3. The highest BCUT2D eigenvalue weighted by Gasteiger charge is 2.06. The molecule has 0 fully saturated rings. The van der Waals surface area contributed by atoms with Crippen molar-refractivity contribution in [1.82, 2.24) is 5.32 Å². The minimum absolute atomic E-state index is 0.158. The molecular weight excluding hydrogens is 266 g/mol. The molecule has 0 spiro atoms. The molecule has 1 aromatic rings. The predicted octanol–water partition coefficient (Wildman–Crippen LogP) is 3.05. The van der Waals surface area contributed by atoms with Gasteiger partial charge in [0.05, 0.1) is 13.7 Å². The molecule has 0 aliphatic carbocycles. The van der Waals surface area contributed by atoms with Crippen LogP contribution in [0.25, 0.3) is 6.08 Å². The number of carbonyl (C=O) groups is 1. The molecule has 0 radical (unpaired) electrons. The first kappa shape index (κ1) is 16.8. The van der Waals surface area contributed by atoms with E-state index < -0.39 is 0 Å². The third-order valence-electron chi connectivity index (χ3n) is 2.61. The van der Waals surface area contributed by atoms with E-state index in [9.17, 15) is 4.79 Å². The zero-order valence-corrected chi connectivity index (χ0v) is 12.9. The SMILES string of the molecule is C=CCNC(=O)/C=C/c1ccc(OCC(C)C)c(OC)c1. The van der Waals surface area contributed by atoms with Gasteiger partial charge in [-0.1, -0.05) is 26.0 Å². The third-order valence-corrected chi connectivity index (χ3v) is 2.61. The molecule has 0 aromatic heterocycles. The highest BCUT2D eigenvalue weighted by atomic mass is 16.5. The molecule has 1 amide bonds. The molecule has 1 aromatic carbocycles. The minimum atomic E-state index is -0.158. The van der Waals surface area contributed by atoms with E-state index in [2.05, 4.69) is 25.7 Å². The van der Waals surface area contributed by atoms with Crippen molar-refractivity contribution in [1.29, 1.82) is 0 Å². The second-order valence-corrected chi connectivity index (χ2v) is 4.98. The van der Waals surface area contributed by atoms with E-state index in [4.69, 9.17) is 9.47 Å². The van der Waals surface area contributed by atoms with Gasteiger partial charge in [0.15, 0.2) is 11.5 Å². The van der Waals surface area contributed by atoms with Gasteiger partial charge in [-0.15, -0.1) is 6.58 Å². The second kappa shape index (κ2) is 8.84. The Hall–Kier alpha value is -2.23. The second-order valence-electron chi connectivity index (χ2n) is 4.98. The summed E-state index contributed by atoms with van der Waals surface area (Å²) in [5.41, 5.74) is 0.873. The van der Waals surface area contributed by atoms with Crippen molar-refractivity contribution in [3.63, 3.8) is 0 Å². The van der Waals surface area contributed by atoms with Gasteiger partial charge < -0.3 is 14.8 Å². The summed E-state index contributed by atoms with van der Waals surface area (Å²) in [7, 11) is 1.60. The zero-order valence-electron chi connectivity index (χ0n) is 12.9. The van der Waals surface area contributed by atoms with E-state index in [-0.39, 0.29) is 5.91 Å². The van der Waals surface area contributed by atoms with Gasteiger partial charge in [0.1, 0.15) is 0 Å². The van der Waals surface area contributed by atoms with Crippen LogP contribution in [-0.4, -0.2) is 26.2 Å². The quantitative estimate of drug-likeness (QED) is 0.591. The number of amides is 1. The summed E-state index contributed by atoms with van der Waals surface area (Å²) in [6, 6.07) is 5.57. The van der Waals surface area contributed by atoms with Gasteiger partial charge in [0, 0.05) is 12.6 Å². The van der Waals surface area contributed by atoms with Crippen molar-refractivity contribution < 1.29 is 14.3 Å². The average molecular weight is 289 g/mol. The molecule has 4 nitrogen and oxygen atoms in total. The normalized spacial score (nSPS) is 10.7. The fourth-order valence-corrected chi connectivity index (χ4v) is 1.57. The highest BCUT2D eigenvalue weighted by Crippen LogP contribution is 2.28. The van der Waals surface area contributed by atoms with E-state index in [1.165, 1.54) is 6.08 Å². The molecule has 114 valence electrons. The number of nitrogens with one attached hydrogen (secondary N) is 1. The van der Waals surface area contributed by atoms with E-state index >= 15 is 0 Å². The van der Waals surface area contributed by atoms with Gasteiger partial charge in [0.25, 0.3) is 0 Å². The summed E-state index contributed by atoms with van der Waals surface area (Å²) < 4.78 is 11.0. The average Bonchev–Trinajstić information content (AvgIpc) is 2.48. The Balaban J connectivity index is 2.74. The van der Waals surface area contributed by atoms with Crippen LogP contribution in [-0.2, 0) is 4.79 Å². The Morgan fingerprint density at radius 3 is 2.76 bits per heavy atom. The van der Waals surface area contributed by atoms with Crippen molar-refractivity contribution in [2.45, 2.75) is 13.8 Å². The Bertz CT molecular complexity index is 507.